The topological polar surface area (TPSA) is 67.2 Å². The van der Waals surface area contributed by atoms with E-state index in [9.17, 15) is 27.2 Å². The molecule has 0 atom stereocenters. The Balaban J connectivity index is 1.43. The van der Waals surface area contributed by atoms with E-state index in [1.807, 2.05) is 0 Å². The Kier molecular flexibility index (Phi) is 5.68. The van der Waals surface area contributed by atoms with E-state index >= 15 is 0 Å². The van der Waals surface area contributed by atoms with Gasteiger partial charge in [-0.25, -0.2) is 4.39 Å². The van der Waals surface area contributed by atoms with Crippen molar-refractivity contribution in [2.75, 3.05) is 6.54 Å². The molecule has 0 spiro atoms. The number of carbonyl (C=O) groups excluding carboxylic acids is 2. The van der Waals surface area contributed by atoms with Gasteiger partial charge in [-0.15, -0.1) is 0 Å². The van der Waals surface area contributed by atoms with Crippen LogP contribution in [0, 0.1) is 5.82 Å². The molecule has 0 saturated carbocycles. The van der Waals surface area contributed by atoms with Crippen LogP contribution in [0.4, 0.5) is 17.6 Å². The highest BCUT2D eigenvalue weighted by Crippen LogP contribution is 2.29. The summed E-state index contributed by atoms with van der Waals surface area (Å²) in [5.74, 6) is -1.34. The number of carbonyl (C=O) groups is 2. The highest BCUT2D eigenvalue weighted by Gasteiger charge is 2.30. The lowest BCUT2D eigenvalue weighted by Crippen LogP contribution is -2.39. The van der Waals surface area contributed by atoms with Gasteiger partial charge < -0.3 is 10.2 Å². The van der Waals surface area contributed by atoms with E-state index in [2.05, 4.69) is 10.4 Å². The van der Waals surface area contributed by atoms with Crippen LogP contribution in [0.15, 0.2) is 54.6 Å². The predicted molar refractivity (Wildman–Crippen MR) is 106 cm³/mol. The number of nitrogens with one attached hydrogen (secondary N) is 1. The molecule has 3 aromatic rings. The lowest BCUT2D eigenvalue weighted by molar-refractivity contribution is -0.137. The maximum absolute atomic E-state index is 13.4. The van der Waals surface area contributed by atoms with Crippen molar-refractivity contribution in [3.63, 3.8) is 0 Å². The number of hydrogen-bond donors (Lipinski definition) is 1. The smallest absolute Gasteiger partial charge is 0.347 e. The number of hydrogen-bond acceptors (Lipinski definition) is 3. The third-order valence-electron chi connectivity index (χ3n) is 5.07. The molecule has 6 nitrogen and oxygen atoms in total. The summed E-state index contributed by atoms with van der Waals surface area (Å²) in [6.07, 6.45) is -4.47. The van der Waals surface area contributed by atoms with Crippen molar-refractivity contribution in [3.05, 3.63) is 88.5 Å². The second kappa shape index (κ2) is 8.45. The van der Waals surface area contributed by atoms with Crippen LogP contribution in [0.1, 0.15) is 37.7 Å². The lowest BCUT2D eigenvalue weighted by atomic mass is 10.1. The molecule has 32 heavy (non-hydrogen) atoms. The van der Waals surface area contributed by atoms with E-state index in [4.69, 9.17) is 0 Å². The van der Waals surface area contributed by atoms with Crippen LogP contribution in [-0.4, -0.2) is 33.0 Å². The van der Waals surface area contributed by atoms with Crippen molar-refractivity contribution in [3.8, 4) is 0 Å². The molecule has 1 aliphatic heterocycles. The number of rotatable bonds is 5. The van der Waals surface area contributed by atoms with E-state index in [1.165, 1.54) is 39.9 Å². The summed E-state index contributed by atoms with van der Waals surface area (Å²) in [5, 5.41) is 6.67. The molecule has 2 aromatic carbocycles. The van der Waals surface area contributed by atoms with Crippen LogP contribution in [-0.2, 0) is 25.8 Å². The second-order valence-corrected chi connectivity index (χ2v) is 7.38. The summed E-state index contributed by atoms with van der Waals surface area (Å²) < 4.78 is 53.3. The van der Waals surface area contributed by atoms with E-state index in [0.29, 0.717) is 18.7 Å². The van der Waals surface area contributed by atoms with Gasteiger partial charge in [0.2, 0.25) is 0 Å². The first-order valence-electron chi connectivity index (χ1n) is 9.76. The van der Waals surface area contributed by atoms with Crippen molar-refractivity contribution >= 4 is 11.8 Å². The van der Waals surface area contributed by atoms with Gasteiger partial charge >= 0.3 is 6.18 Å². The van der Waals surface area contributed by atoms with Gasteiger partial charge in [0.15, 0.2) is 5.69 Å². The maximum Gasteiger partial charge on any atom is 0.416 e. The first kappa shape index (κ1) is 21.5. The zero-order valence-electron chi connectivity index (χ0n) is 16.7. The Labute approximate surface area is 180 Å². The monoisotopic (exact) mass is 446 g/mol. The van der Waals surface area contributed by atoms with Crippen molar-refractivity contribution in [2.45, 2.75) is 25.8 Å². The van der Waals surface area contributed by atoms with Crippen molar-refractivity contribution in [1.29, 1.82) is 0 Å². The molecule has 2 amide bonds. The van der Waals surface area contributed by atoms with Gasteiger partial charge in [0.1, 0.15) is 11.5 Å². The zero-order chi connectivity index (χ0) is 22.9. The molecule has 0 aliphatic carbocycles. The average molecular weight is 446 g/mol. The minimum Gasteiger partial charge on any atom is -0.347 e. The van der Waals surface area contributed by atoms with Crippen molar-refractivity contribution in [2.24, 2.45) is 0 Å². The number of alkyl halides is 3. The molecule has 2 heterocycles. The van der Waals surface area contributed by atoms with Crippen LogP contribution in [0.3, 0.4) is 0 Å². The second-order valence-electron chi connectivity index (χ2n) is 7.38. The van der Waals surface area contributed by atoms with Crippen molar-refractivity contribution in [1.82, 2.24) is 20.0 Å². The van der Waals surface area contributed by atoms with E-state index in [1.54, 1.807) is 12.1 Å². The summed E-state index contributed by atoms with van der Waals surface area (Å²) in [6, 6.07) is 12.0. The molecule has 1 aromatic heterocycles. The molecular weight excluding hydrogens is 428 g/mol. The first-order chi connectivity index (χ1) is 15.2. The van der Waals surface area contributed by atoms with E-state index in [-0.39, 0.29) is 35.9 Å². The van der Waals surface area contributed by atoms with Crippen LogP contribution >= 0.6 is 0 Å². The molecule has 0 fully saturated rings. The SMILES string of the molecule is O=C(NCc1cccc(C(F)(F)F)c1)c1cc2n(n1)CCN(Cc1cccc(F)c1)C2=O. The van der Waals surface area contributed by atoms with Gasteiger partial charge in [-0.3, -0.25) is 14.3 Å². The van der Waals surface area contributed by atoms with Crippen LogP contribution < -0.4 is 5.32 Å². The Morgan fingerprint density at radius 1 is 1.03 bits per heavy atom. The molecule has 1 N–H and O–H groups in total. The number of fused-ring (bicyclic) bond motifs is 1. The van der Waals surface area contributed by atoms with E-state index in [0.717, 1.165) is 12.1 Å². The number of halogens is 4. The van der Waals surface area contributed by atoms with Gasteiger partial charge in [0, 0.05) is 25.7 Å². The molecule has 166 valence electrons. The van der Waals surface area contributed by atoms with E-state index < -0.39 is 23.5 Å². The molecule has 1 aliphatic rings. The first-order valence-corrected chi connectivity index (χ1v) is 9.76. The Morgan fingerprint density at radius 3 is 2.53 bits per heavy atom. The Morgan fingerprint density at radius 2 is 1.78 bits per heavy atom. The molecule has 10 heteroatoms. The molecule has 0 radical (unpaired) electrons. The van der Waals surface area contributed by atoms with Crippen LogP contribution in [0.2, 0.25) is 0 Å². The number of benzene rings is 2. The summed E-state index contributed by atoms with van der Waals surface area (Å²) >= 11 is 0. The summed E-state index contributed by atoms with van der Waals surface area (Å²) in [5.41, 5.74) is 0.343. The predicted octanol–water partition coefficient (Wildman–Crippen LogP) is 3.63. The summed E-state index contributed by atoms with van der Waals surface area (Å²) in [6.45, 7) is 0.802. The molecule has 0 unspecified atom stereocenters. The quantitative estimate of drug-likeness (QED) is 0.609. The standard InChI is InChI=1S/C22H18F4N4O2/c23-17-6-2-4-15(10-17)13-29-7-8-30-19(21(29)32)11-18(28-30)20(31)27-12-14-3-1-5-16(9-14)22(24,25)26/h1-6,9-11H,7-8,12-13H2,(H,27,31). The Bertz CT molecular complexity index is 1170. The number of amides is 2. The maximum atomic E-state index is 13.4. The largest absolute Gasteiger partial charge is 0.416 e. The lowest BCUT2D eigenvalue weighted by Gasteiger charge is -2.27. The molecular formula is C22H18F4N4O2. The third-order valence-corrected chi connectivity index (χ3v) is 5.07. The third kappa shape index (κ3) is 4.63. The number of nitrogens with zero attached hydrogens (tertiary/aromatic N) is 3. The minimum atomic E-state index is -4.47. The summed E-state index contributed by atoms with van der Waals surface area (Å²) in [4.78, 5) is 26.8. The fourth-order valence-corrected chi connectivity index (χ4v) is 3.49. The van der Waals surface area contributed by atoms with Gasteiger partial charge in [-0.2, -0.15) is 18.3 Å². The van der Waals surface area contributed by atoms with Crippen LogP contribution in [0.5, 0.6) is 0 Å². The highest BCUT2D eigenvalue weighted by atomic mass is 19.4. The highest BCUT2D eigenvalue weighted by molar-refractivity contribution is 5.98. The fourth-order valence-electron chi connectivity index (χ4n) is 3.49. The summed E-state index contributed by atoms with van der Waals surface area (Å²) in [7, 11) is 0. The normalized spacial score (nSPS) is 13.8. The van der Waals surface area contributed by atoms with Crippen molar-refractivity contribution < 1.29 is 27.2 Å². The van der Waals surface area contributed by atoms with Gasteiger partial charge in [-0.05, 0) is 35.4 Å². The molecule has 0 bridgehead atoms. The molecule has 4 rings (SSSR count). The van der Waals surface area contributed by atoms with Gasteiger partial charge in [0.05, 0.1) is 12.1 Å². The van der Waals surface area contributed by atoms with Crippen LogP contribution in [0.25, 0.3) is 0 Å². The fraction of sp³-hybridized carbons (Fsp3) is 0.227. The zero-order valence-corrected chi connectivity index (χ0v) is 16.7. The Hall–Kier alpha value is -3.69. The van der Waals surface area contributed by atoms with Gasteiger partial charge in [0.25, 0.3) is 11.8 Å². The van der Waals surface area contributed by atoms with Gasteiger partial charge in [-0.1, -0.05) is 24.3 Å². The number of aromatic nitrogens is 2. The minimum absolute atomic E-state index is 0.00654. The molecule has 0 saturated heterocycles. The average Bonchev–Trinajstić information content (AvgIpc) is 3.19.